The second-order valence-electron chi connectivity index (χ2n) is 3.44. The average molecular weight is 230 g/mol. The fourth-order valence-electron chi connectivity index (χ4n) is 1.49. The van der Waals surface area contributed by atoms with Gasteiger partial charge in [-0.3, -0.25) is 4.79 Å². The molecule has 0 aliphatic rings. The van der Waals surface area contributed by atoms with Crippen molar-refractivity contribution in [1.82, 2.24) is 0 Å². The molecule has 0 bridgehead atoms. The zero-order valence-corrected chi connectivity index (χ0v) is 8.96. The van der Waals surface area contributed by atoms with Crippen molar-refractivity contribution in [2.75, 3.05) is 0 Å². The van der Waals surface area contributed by atoms with Crippen LogP contribution >= 0.6 is 0 Å². The van der Waals surface area contributed by atoms with E-state index in [9.17, 15) is 13.6 Å². The molecule has 88 valence electrons. The summed E-state index contributed by atoms with van der Waals surface area (Å²) in [4.78, 5) is 10.6. The summed E-state index contributed by atoms with van der Waals surface area (Å²) >= 11 is 0. The van der Waals surface area contributed by atoms with E-state index >= 15 is 0 Å². The minimum Gasteiger partial charge on any atom is -0.481 e. The van der Waals surface area contributed by atoms with Gasteiger partial charge in [0.05, 0.1) is 6.42 Å². The van der Waals surface area contributed by atoms with E-state index < -0.39 is 12.6 Å². The number of carboxylic acids is 1. The first-order valence-electron chi connectivity index (χ1n) is 4.67. The molecule has 0 saturated carbocycles. The SMILES string of the molecule is Cc1ccc(CC(=O)O)c(C)c1OC(F)F. The number of aliphatic carboxylic acids is 1. The highest BCUT2D eigenvalue weighted by molar-refractivity contribution is 5.71. The Bertz CT molecular complexity index is 402. The minimum absolute atomic E-state index is 0.0637. The first-order chi connectivity index (χ1) is 7.41. The molecule has 3 nitrogen and oxygen atoms in total. The van der Waals surface area contributed by atoms with Crippen LogP contribution in [0.5, 0.6) is 5.75 Å². The van der Waals surface area contributed by atoms with E-state index in [-0.39, 0.29) is 12.2 Å². The number of rotatable bonds is 4. The lowest BCUT2D eigenvalue weighted by Gasteiger charge is -2.13. The highest BCUT2D eigenvalue weighted by Gasteiger charge is 2.14. The van der Waals surface area contributed by atoms with Gasteiger partial charge in [-0.05, 0) is 30.5 Å². The first-order valence-corrected chi connectivity index (χ1v) is 4.67. The summed E-state index contributed by atoms with van der Waals surface area (Å²) in [5, 5.41) is 8.64. The van der Waals surface area contributed by atoms with Crippen molar-refractivity contribution in [2.45, 2.75) is 26.9 Å². The van der Waals surface area contributed by atoms with Crippen LogP contribution in [0.4, 0.5) is 8.78 Å². The van der Waals surface area contributed by atoms with E-state index in [1.54, 1.807) is 26.0 Å². The topological polar surface area (TPSA) is 46.5 Å². The Labute approximate surface area is 91.7 Å². The van der Waals surface area contributed by atoms with E-state index in [0.29, 0.717) is 16.7 Å². The van der Waals surface area contributed by atoms with E-state index in [0.717, 1.165) is 0 Å². The van der Waals surface area contributed by atoms with E-state index in [4.69, 9.17) is 5.11 Å². The third kappa shape index (κ3) is 2.92. The average Bonchev–Trinajstić information content (AvgIpc) is 2.16. The summed E-state index contributed by atoms with van der Waals surface area (Å²) in [6.07, 6.45) is -0.203. The van der Waals surface area contributed by atoms with E-state index in [1.165, 1.54) is 0 Å². The van der Waals surface area contributed by atoms with Crippen molar-refractivity contribution in [3.05, 3.63) is 28.8 Å². The van der Waals surface area contributed by atoms with Gasteiger partial charge in [-0.1, -0.05) is 12.1 Å². The fourth-order valence-corrected chi connectivity index (χ4v) is 1.49. The molecule has 5 heteroatoms. The second-order valence-corrected chi connectivity index (χ2v) is 3.44. The molecule has 0 radical (unpaired) electrons. The molecule has 0 saturated heterocycles. The summed E-state index contributed by atoms with van der Waals surface area (Å²) in [7, 11) is 0. The largest absolute Gasteiger partial charge is 0.481 e. The van der Waals surface area contributed by atoms with Gasteiger partial charge in [0.2, 0.25) is 0 Å². The molecule has 0 aliphatic carbocycles. The summed E-state index contributed by atoms with van der Waals surface area (Å²) in [5.74, 6) is -0.941. The minimum atomic E-state index is -2.91. The van der Waals surface area contributed by atoms with Crippen molar-refractivity contribution < 1.29 is 23.4 Å². The van der Waals surface area contributed by atoms with Gasteiger partial charge in [0.1, 0.15) is 5.75 Å². The number of hydrogen-bond acceptors (Lipinski definition) is 2. The van der Waals surface area contributed by atoms with Crippen LogP contribution in [0.1, 0.15) is 16.7 Å². The molecular formula is C11H12F2O3. The number of aryl methyl sites for hydroxylation is 1. The Morgan fingerprint density at radius 2 is 2.06 bits per heavy atom. The number of carboxylic acid groups (broad SMARTS) is 1. The zero-order chi connectivity index (χ0) is 12.3. The molecule has 1 rings (SSSR count). The molecule has 0 aliphatic heterocycles. The fraction of sp³-hybridized carbons (Fsp3) is 0.364. The van der Waals surface area contributed by atoms with Gasteiger partial charge in [-0.15, -0.1) is 0 Å². The predicted molar refractivity (Wildman–Crippen MR) is 53.9 cm³/mol. The Morgan fingerprint density at radius 3 is 2.56 bits per heavy atom. The van der Waals surface area contributed by atoms with Gasteiger partial charge < -0.3 is 9.84 Å². The molecule has 0 fully saturated rings. The number of hydrogen-bond donors (Lipinski definition) is 1. The standard InChI is InChI=1S/C11H12F2O3/c1-6-3-4-8(5-9(14)15)7(2)10(6)16-11(12)13/h3-4,11H,5H2,1-2H3,(H,14,15). The summed E-state index contributed by atoms with van der Waals surface area (Å²) in [5.41, 5.74) is 1.49. The molecule has 0 amide bonds. The lowest BCUT2D eigenvalue weighted by Crippen LogP contribution is -2.08. The van der Waals surface area contributed by atoms with Crippen molar-refractivity contribution in [1.29, 1.82) is 0 Å². The van der Waals surface area contributed by atoms with E-state index in [1.807, 2.05) is 0 Å². The number of ether oxygens (including phenoxy) is 1. The summed E-state index contributed by atoms with van der Waals surface area (Å²) in [6, 6.07) is 3.18. The van der Waals surface area contributed by atoms with E-state index in [2.05, 4.69) is 4.74 Å². The quantitative estimate of drug-likeness (QED) is 0.864. The van der Waals surface area contributed by atoms with Crippen LogP contribution in [0.3, 0.4) is 0 Å². The molecule has 0 unspecified atom stereocenters. The Morgan fingerprint density at radius 1 is 1.44 bits per heavy atom. The maximum Gasteiger partial charge on any atom is 0.387 e. The van der Waals surface area contributed by atoms with Gasteiger partial charge in [-0.25, -0.2) is 0 Å². The number of halogens is 2. The predicted octanol–water partition coefficient (Wildman–Crippen LogP) is 2.53. The molecule has 0 atom stereocenters. The number of benzene rings is 1. The molecule has 16 heavy (non-hydrogen) atoms. The van der Waals surface area contributed by atoms with Crippen molar-refractivity contribution >= 4 is 5.97 Å². The monoisotopic (exact) mass is 230 g/mol. The Kier molecular flexibility index (Phi) is 3.82. The second kappa shape index (κ2) is 4.92. The van der Waals surface area contributed by atoms with Gasteiger partial charge in [0.25, 0.3) is 0 Å². The van der Waals surface area contributed by atoms with Crippen molar-refractivity contribution in [3.8, 4) is 5.75 Å². The lowest BCUT2D eigenvalue weighted by molar-refractivity contribution is -0.136. The van der Waals surface area contributed by atoms with Gasteiger partial charge in [0, 0.05) is 0 Å². The summed E-state index contributed by atoms with van der Waals surface area (Å²) < 4.78 is 28.6. The number of alkyl halides is 2. The normalized spacial score (nSPS) is 10.6. The van der Waals surface area contributed by atoms with Crippen LogP contribution in [-0.2, 0) is 11.2 Å². The maximum absolute atomic E-state index is 12.1. The smallest absolute Gasteiger partial charge is 0.387 e. The van der Waals surface area contributed by atoms with Crippen LogP contribution in [-0.4, -0.2) is 17.7 Å². The Balaban J connectivity index is 3.10. The van der Waals surface area contributed by atoms with Crippen LogP contribution in [0.15, 0.2) is 12.1 Å². The molecule has 1 N–H and O–H groups in total. The molecule has 0 heterocycles. The molecule has 0 spiro atoms. The third-order valence-corrected chi connectivity index (χ3v) is 2.26. The van der Waals surface area contributed by atoms with Crippen molar-refractivity contribution in [3.63, 3.8) is 0 Å². The lowest BCUT2D eigenvalue weighted by atomic mass is 10.0. The summed E-state index contributed by atoms with van der Waals surface area (Å²) in [6.45, 7) is 0.301. The van der Waals surface area contributed by atoms with Gasteiger partial charge in [-0.2, -0.15) is 8.78 Å². The van der Waals surface area contributed by atoms with Crippen LogP contribution in [0.25, 0.3) is 0 Å². The van der Waals surface area contributed by atoms with Gasteiger partial charge >= 0.3 is 12.6 Å². The maximum atomic E-state index is 12.1. The molecule has 1 aromatic rings. The highest BCUT2D eigenvalue weighted by atomic mass is 19.3. The van der Waals surface area contributed by atoms with Crippen LogP contribution < -0.4 is 4.74 Å². The molecular weight excluding hydrogens is 218 g/mol. The number of carbonyl (C=O) groups is 1. The molecule has 0 aromatic heterocycles. The van der Waals surface area contributed by atoms with Crippen LogP contribution in [0.2, 0.25) is 0 Å². The zero-order valence-electron chi connectivity index (χ0n) is 8.96. The van der Waals surface area contributed by atoms with Crippen LogP contribution in [0, 0.1) is 13.8 Å². The third-order valence-electron chi connectivity index (χ3n) is 2.26. The Hall–Kier alpha value is -1.65. The van der Waals surface area contributed by atoms with Gasteiger partial charge in [0.15, 0.2) is 0 Å². The highest BCUT2D eigenvalue weighted by Crippen LogP contribution is 2.27. The molecule has 1 aromatic carbocycles. The van der Waals surface area contributed by atoms with Crippen molar-refractivity contribution in [2.24, 2.45) is 0 Å². The first kappa shape index (κ1) is 12.4.